The van der Waals surface area contributed by atoms with Gasteiger partial charge in [-0.15, -0.1) is 0 Å². The molecule has 1 aliphatic rings. The SMILES string of the molecule is CC1(C)COCCN1CC(N)CCc1ccccc1. The van der Waals surface area contributed by atoms with Crippen LogP contribution in [-0.4, -0.2) is 42.8 Å². The van der Waals surface area contributed by atoms with Gasteiger partial charge in [0.15, 0.2) is 0 Å². The Morgan fingerprint density at radius 1 is 1.32 bits per heavy atom. The molecule has 1 aromatic rings. The van der Waals surface area contributed by atoms with Crippen molar-refractivity contribution in [1.82, 2.24) is 4.90 Å². The molecule has 0 spiro atoms. The zero-order valence-electron chi connectivity index (χ0n) is 12.1. The summed E-state index contributed by atoms with van der Waals surface area (Å²) in [6, 6.07) is 10.8. The molecule has 2 rings (SSSR count). The molecule has 3 nitrogen and oxygen atoms in total. The molecule has 1 saturated heterocycles. The highest BCUT2D eigenvalue weighted by atomic mass is 16.5. The van der Waals surface area contributed by atoms with Crippen molar-refractivity contribution in [3.8, 4) is 0 Å². The van der Waals surface area contributed by atoms with Gasteiger partial charge in [0.05, 0.1) is 13.2 Å². The standard InChI is InChI=1S/C16H26N2O/c1-16(2)13-19-11-10-18(16)12-15(17)9-8-14-6-4-3-5-7-14/h3-7,15H,8-13,17H2,1-2H3. The first-order valence-electron chi connectivity index (χ1n) is 7.20. The third kappa shape index (κ3) is 4.30. The minimum Gasteiger partial charge on any atom is -0.378 e. The minimum absolute atomic E-state index is 0.114. The molecule has 1 fully saturated rings. The summed E-state index contributed by atoms with van der Waals surface area (Å²) >= 11 is 0. The van der Waals surface area contributed by atoms with Crippen LogP contribution in [0.25, 0.3) is 0 Å². The smallest absolute Gasteiger partial charge is 0.0645 e. The average molecular weight is 262 g/mol. The molecule has 1 aliphatic heterocycles. The van der Waals surface area contributed by atoms with E-state index in [0.29, 0.717) is 0 Å². The Kier molecular flexibility index (Phi) is 4.97. The van der Waals surface area contributed by atoms with E-state index in [1.807, 2.05) is 0 Å². The van der Waals surface area contributed by atoms with E-state index in [-0.39, 0.29) is 11.6 Å². The lowest BCUT2D eigenvalue weighted by atomic mass is 9.99. The Labute approximate surface area is 116 Å². The molecule has 2 N–H and O–H groups in total. The molecule has 0 aromatic heterocycles. The van der Waals surface area contributed by atoms with Crippen LogP contribution in [0.2, 0.25) is 0 Å². The van der Waals surface area contributed by atoms with Gasteiger partial charge in [-0.1, -0.05) is 30.3 Å². The van der Waals surface area contributed by atoms with E-state index in [2.05, 4.69) is 49.1 Å². The van der Waals surface area contributed by atoms with Gasteiger partial charge in [0.1, 0.15) is 0 Å². The maximum Gasteiger partial charge on any atom is 0.0645 e. The van der Waals surface area contributed by atoms with Gasteiger partial charge < -0.3 is 10.5 Å². The molecule has 1 atom stereocenters. The van der Waals surface area contributed by atoms with Crippen LogP contribution >= 0.6 is 0 Å². The molecule has 0 aliphatic carbocycles. The Balaban J connectivity index is 1.79. The van der Waals surface area contributed by atoms with Crippen LogP contribution in [0.3, 0.4) is 0 Å². The molecule has 0 bridgehead atoms. The van der Waals surface area contributed by atoms with Crippen molar-refractivity contribution in [3.05, 3.63) is 35.9 Å². The van der Waals surface area contributed by atoms with E-state index < -0.39 is 0 Å². The maximum atomic E-state index is 6.29. The zero-order chi connectivity index (χ0) is 13.7. The van der Waals surface area contributed by atoms with Gasteiger partial charge in [-0.3, -0.25) is 4.90 Å². The van der Waals surface area contributed by atoms with Crippen molar-refractivity contribution in [1.29, 1.82) is 0 Å². The van der Waals surface area contributed by atoms with Gasteiger partial charge >= 0.3 is 0 Å². The molecule has 0 radical (unpaired) electrons. The van der Waals surface area contributed by atoms with Crippen LogP contribution in [0.15, 0.2) is 30.3 Å². The second kappa shape index (κ2) is 6.51. The summed E-state index contributed by atoms with van der Waals surface area (Å²) in [5.41, 5.74) is 7.78. The Hall–Kier alpha value is -0.900. The first kappa shape index (κ1) is 14.5. The number of nitrogens with zero attached hydrogens (tertiary/aromatic N) is 1. The number of morpholine rings is 1. The topological polar surface area (TPSA) is 38.5 Å². The molecule has 0 saturated carbocycles. The molecule has 3 heteroatoms. The molecule has 106 valence electrons. The number of benzene rings is 1. The van der Waals surface area contributed by atoms with E-state index >= 15 is 0 Å². The highest BCUT2D eigenvalue weighted by molar-refractivity contribution is 5.14. The fourth-order valence-corrected chi connectivity index (χ4v) is 2.60. The quantitative estimate of drug-likeness (QED) is 0.882. The molecule has 1 unspecified atom stereocenters. The van der Waals surface area contributed by atoms with E-state index in [9.17, 15) is 0 Å². The highest BCUT2D eigenvalue weighted by Gasteiger charge is 2.31. The van der Waals surface area contributed by atoms with Gasteiger partial charge in [-0.25, -0.2) is 0 Å². The van der Waals surface area contributed by atoms with Crippen molar-refractivity contribution < 1.29 is 4.74 Å². The van der Waals surface area contributed by atoms with Crippen molar-refractivity contribution >= 4 is 0 Å². The number of nitrogens with two attached hydrogens (primary N) is 1. The normalized spacial score (nSPS) is 21.2. The highest BCUT2D eigenvalue weighted by Crippen LogP contribution is 2.19. The van der Waals surface area contributed by atoms with Crippen LogP contribution in [0.5, 0.6) is 0 Å². The van der Waals surface area contributed by atoms with Crippen LogP contribution in [0.4, 0.5) is 0 Å². The first-order chi connectivity index (χ1) is 9.08. The summed E-state index contributed by atoms with van der Waals surface area (Å²) in [5.74, 6) is 0. The number of hydrogen-bond acceptors (Lipinski definition) is 3. The third-order valence-electron chi connectivity index (χ3n) is 3.92. The third-order valence-corrected chi connectivity index (χ3v) is 3.92. The summed E-state index contributed by atoms with van der Waals surface area (Å²) in [5, 5.41) is 0. The minimum atomic E-state index is 0.114. The fourth-order valence-electron chi connectivity index (χ4n) is 2.60. The maximum absolute atomic E-state index is 6.29. The van der Waals surface area contributed by atoms with Gasteiger partial charge in [0.2, 0.25) is 0 Å². The van der Waals surface area contributed by atoms with E-state index in [1.165, 1.54) is 5.56 Å². The van der Waals surface area contributed by atoms with E-state index in [4.69, 9.17) is 10.5 Å². The zero-order valence-corrected chi connectivity index (χ0v) is 12.1. The predicted molar refractivity (Wildman–Crippen MR) is 79.2 cm³/mol. The molecule has 1 aromatic carbocycles. The fraction of sp³-hybridized carbons (Fsp3) is 0.625. The molecule has 0 amide bonds. The van der Waals surface area contributed by atoms with Crippen molar-refractivity contribution in [3.63, 3.8) is 0 Å². The van der Waals surface area contributed by atoms with Crippen molar-refractivity contribution in [2.75, 3.05) is 26.3 Å². The molecular formula is C16H26N2O. The van der Waals surface area contributed by atoms with Gasteiger partial charge in [0, 0.05) is 24.7 Å². The van der Waals surface area contributed by atoms with E-state index in [1.54, 1.807) is 0 Å². The Morgan fingerprint density at radius 3 is 2.74 bits per heavy atom. The number of rotatable bonds is 5. The summed E-state index contributed by atoms with van der Waals surface area (Å²) in [4.78, 5) is 2.46. The summed E-state index contributed by atoms with van der Waals surface area (Å²) in [7, 11) is 0. The predicted octanol–water partition coefficient (Wildman–Crippen LogP) is 2.06. The molecule has 1 heterocycles. The Morgan fingerprint density at radius 2 is 2.05 bits per heavy atom. The number of ether oxygens (including phenoxy) is 1. The van der Waals surface area contributed by atoms with Gasteiger partial charge in [-0.2, -0.15) is 0 Å². The largest absolute Gasteiger partial charge is 0.378 e. The van der Waals surface area contributed by atoms with Crippen LogP contribution in [0, 0.1) is 0 Å². The molecule has 19 heavy (non-hydrogen) atoms. The van der Waals surface area contributed by atoms with Crippen molar-refractivity contribution in [2.24, 2.45) is 5.73 Å². The second-order valence-electron chi connectivity index (χ2n) is 6.10. The number of hydrogen-bond donors (Lipinski definition) is 1. The lowest BCUT2D eigenvalue weighted by Gasteiger charge is -2.43. The lowest BCUT2D eigenvalue weighted by Crippen LogP contribution is -2.56. The first-order valence-corrected chi connectivity index (χ1v) is 7.20. The monoisotopic (exact) mass is 262 g/mol. The summed E-state index contributed by atoms with van der Waals surface area (Å²) < 4.78 is 5.54. The number of aryl methyl sites for hydroxylation is 1. The summed E-state index contributed by atoms with van der Waals surface area (Å²) in [6.07, 6.45) is 2.10. The van der Waals surface area contributed by atoms with Crippen LogP contribution in [0.1, 0.15) is 25.8 Å². The van der Waals surface area contributed by atoms with Gasteiger partial charge in [0.25, 0.3) is 0 Å². The van der Waals surface area contributed by atoms with Crippen LogP contribution < -0.4 is 5.73 Å². The van der Waals surface area contributed by atoms with E-state index in [0.717, 1.165) is 39.1 Å². The van der Waals surface area contributed by atoms with Crippen LogP contribution in [-0.2, 0) is 11.2 Å². The average Bonchev–Trinajstić information content (AvgIpc) is 2.40. The lowest BCUT2D eigenvalue weighted by molar-refractivity contribution is -0.0532. The summed E-state index contributed by atoms with van der Waals surface area (Å²) in [6.45, 7) is 8.05. The Bertz CT molecular complexity index is 378. The van der Waals surface area contributed by atoms with Gasteiger partial charge in [-0.05, 0) is 32.3 Å². The second-order valence-corrected chi connectivity index (χ2v) is 6.10. The van der Waals surface area contributed by atoms with Crippen molar-refractivity contribution in [2.45, 2.75) is 38.3 Å². The molecular weight excluding hydrogens is 236 g/mol.